The van der Waals surface area contributed by atoms with Crippen molar-refractivity contribution in [3.63, 3.8) is 0 Å². The lowest BCUT2D eigenvalue weighted by molar-refractivity contribution is 0.288. The van der Waals surface area contributed by atoms with Crippen LogP contribution in [0, 0.1) is 11.8 Å². The predicted octanol–water partition coefficient (Wildman–Crippen LogP) is 6.51. The molecule has 0 bridgehead atoms. The van der Waals surface area contributed by atoms with E-state index in [0.717, 1.165) is 36.0 Å². The number of aromatic hydroxyl groups is 2. The minimum Gasteiger partial charge on any atom is -0.507 e. The van der Waals surface area contributed by atoms with Crippen molar-refractivity contribution >= 4 is 0 Å². The van der Waals surface area contributed by atoms with Gasteiger partial charge in [-0.2, -0.15) is 0 Å². The second kappa shape index (κ2) is 10.2. The third-order valence-electron chi connectivity index (χ3n) is 6.57. The number of phenolic OH excluding ortho intramolecular Hbond substituents is 2. The minimum atomic E-state index is 0.128. The van der Waals surface area contributed by atoms with Gasteiger partial charge in [0.15, 0.2) is 0 Å². The first kappa shape index (κ1) is 23.1. The van der Waals surface area contributed by atoms with E-state index in [1.807, 2.05) is 24.3 Å². The summed E-state index contributed by atoms with van der Waals surface area (Å²) in [6, 6.07) is 9.58. The van der Waals surface area contributed by atoms with E-state index in [4.69, 9.17) is 0 Å². The van der Waals surface area contributed by atoms with E-state index in [9.17, 15) is 15.3 Å². The van der Waals surface area contributed by atoms with Gasteiger partial charge in [0.1, 0.15) is 11.5 Å². The van der Waals surface area contributed by atoms with E-state index in [-0.39, 0.29) is 24.0 Å². The lowest BCUT2D eigenvalue weighted by atomic mass is 9.71. The average Bonchev–Trinajstić information content (AvgIpc) is 2.74. The molecule has 3 N–H and O–H groups in total. The average molecular weight is 421 g/mol. The summed E-state index contributed by atoms with van der Waals surface area (Å²) in [5, 5.41) is 31.5. The smallest absolute Gasteiger partial charge is 0.127 e. The number of benzene rings is 2. The number of phenols is 2. The number of rotatable bonds is 8. The van der Waals surface area contributed by atoms with Crippen LogP contribution in [0.25, 0.3) is 11.1 Å². The fourth-order valence-electron chi connectivity index (χ4n) is 4.85. The van der Waals surface area contributed by atoms with E-state index in [0.29, 0.717) is 35.8 Å². The zero-order valence-electron chi connectivity index (χ0n) is 19.1. The Bertz CT molecular complexity index is 955. The van der Waals surface area contributed by atoms with E-state index >= 15 is 0 Å². The third-order valence-corrected chi connectivity index (χ3v) is 6.57. The summed E-state index contributed by atoms with van der Waals surface area (Å²) in [6.07, 6.45) is 8.46. The van der Waals surface area contributed by atoms with Gasteiger partial charge in [0.2, 0.25) is 0 Å². The highest BCUT2D eigenvalue weighted by molar-refractivity contribution is 5.78. The molecule has 0 fully saturated rings. The molecule has 31 heavy (non-hydrogen) atoms. The maximum absolute atomic E-state index is 11.5. The fourth-order valence-corrected chi connectivity index (χ4v) is 4.85. The second-order valence-electron chi connectivity index (χ2n) is 9.24. The van der Waals surface area contributed by atoms with Gasteiger partial charge < -0.3 is 15.3 Å². The molecule has 0 saturated carbocycles. The zero-order valence-corrected chi connectivity index (χ0v) is 19.1. The first-order valence-corrected chi connectivity index (χ1v) is 11.4. The van der Waals surface area contributed by atoms with Crippen LogP contribution in [0.2, 0.25) is 0 Å². The van der Waals surface area contributed by atoms with Crippen molar-refractivity contribution in [3.05, 3.63) is 71.3 Å². The molecule has 2 atom stereocenters. The molecule has 1 aliphatic carbocycles. The predicted molar refractivity (Wildman–Crippen MR) is 129 cm³/mol. The highest BCUT2D eigenvalue weighted by Crippen LogP contribution is 2.47. The van der Waals surface area contributed by atoms with E-state index in [1.165, 1.54) is 5.57 Å². The number of aliphatic hydroxyl groups excluding tert-OH is 1. The monoisotopic (exact) mass is 420 g/mol. The van der Waals surface area contributed by atoms with Gasteiger partial charge in [-0.05, 0) is 80.2 Å². The Morgan fingerprint density at radius 2 is 1.84 bits per heavy atom. The Hall–Kier alpha value is -2.52. The Kier molecular flexibility index (Phi) is 7.61. The quantitative estimate of drug-likeness (QED) is 0.426. The maximum atomic E-state index is 11.5. The summed E-state index contributed by atoms with van der Waals surface area (Å²) in [5.41, 5.74) is 5.70. The largest absolute Gasteiger partial charge is 0.507 e. The maximum Gasteiger partial charge on any atom is 0.127 e. The molecule has 0 aromatic heterocycles. The van der Waals surface area contributed by atoms with Crippen molar-refractivity contribution in [1.29, 1.82) is 0 Å². The van der Waals surface area contributed by atoms with Crippen LogP contribution in [0.3, 0.4) is 0 Å². The molecule has 0 radical (unpaired) electrons. The Morgan fingerprint density at radius 3 is 2.52 bits per heavy atom. The molecule has 2 aromatic rings. The third kappa shape index (κ3) is 5.22. The van der Waals surface area contributed by atoms with Crippen LogP contribution in [0.4, 0.5) is 0 Å². The Balaban J connectivity index is 2.20. The topological polar surface area (TPSA) is 60.7 Å². The molecule has 3 nitrogen and oxygen atoms in total. The van der Waals surface area contributed by atoms with Crippen molar-refractivity contribution in [2.75, 3.05) is 6.61 Å². The normalized spacial score (nSPS) is 18.8. The van der Waals surface area contributed by atoms with Crippen molar-refractivity contribution in [2.45, 2.75) is 58.8 Å². The number of aryl methyl sites for hydroxylation is 1. The van der Waals surface area contributed by atoms with Crippen LogP contribution in [-0.4, -0.2) is 21.9 Å². The molecule has 0 saturated heterocycles. The standard InChI is InChI=1S/C28H36O3/c1-5-7-20-10-12-27(30)24(15-20)26-17-21(8-6-13-29)16-25(28(26)31)23-14-19(4)9-11-22(23)18(2)3/h5,10,12,14-18,22-23,29-31H,1,6-9,11,13H2,2-4H3/t22-,23+/m0/s1. The summed E-state index contributed by atoms with van der Waals surface area (Å²) in [6.45, 7) is 10.6. The molecule has 0 spiro atoms. The molecule has 2 aromatic carbocycles. The van der Waals surface area contributed by atoms with Crippen LogP contribution in [0.5, 0.6) is 11.5 Å². The lowest BCUT2D eigenvalue weighted by Gasteiger charge is -2.34. The number of aliphatic hydroxyl groups is 1. The first-order chi connectivity index (χ1) is 14.8. The molecule has 0 amide bonds. The lowest BCUT2D eigenvalue weighted by Crippen LogP contribution is -2.21. The summed E-state index contributed by atoms with van der Waals surface area (Å²) in [5.74, 6) is 1.50. The van der Waals surface area contributed by atoms with E-state index < -0.39 is 0 Å². The van der Waals surface area contributed by atoms with Crippen LogP contribution in [0.15, 0.2) is 54.6 Å². The first-order valence-electron chi connectivity index (χ1n) is 11.4. The Morgan fingerprint density at radius 1 is 1.10 bits per heavy atom. The van der Waals surface area contributed by atoms with Crippen LogP contribution in [-0.2, 0) is 12.8 Å². The molecule has 1 aliphatic rings. The van der Waals surface area contributed by atoms with Crippen molar-refractivity contribution in [1.82, 2.24) is 0 Å². The molecule has 3 rings (SSSR count). The SMILES string of the molecule is C=CCc1ccc(O)c(-c2cc(CCCO)cc([C@@H]3C=C(C)CC[C@H]3C(C)C)c2O)c1. The van der Waals surface area contributed by atoms with Gasteiger partial charge >= 0.3 is 0 Å². The molecule has 0 aliphatic heterocycles. The summed E-state index contributed by atoms with van der Waals surface area (Å²) in [7, 11) is 0. The Labute approximate surface area is 186 Å². The van der Waals surface area contributed by atoms with Gasteiger partial charge in [0.05, 0.1) is 0 Å². The van der Waals surface area contributed by atoms with Crippen LogP contribution < -0.4 is 0 Å². The van der Waals surface area contributed by atoms with Gasteiger partial charge in [0.25, 0.3) is 0 Å². The van der Waals surface area contributed by atoms with E-state index in [2.05, 4.69) is 39.5 Å². The minimum absolute atomic E-state index is 0.128. The molecule has 166 valence electrons. The van der Waals surface area contributed by atoms with Crippen LogP contribution >= 0.6 is 0 Å². The zero-order chi connectivity index (χ0) is 22.5. The number of hydrogen-bond donors (Lipinski definition) is 3. The van der Waals surface area contributed by atoms with E-state index in [1.54, 1.807) is 6.07 Å². The molecule has 0 unspecified atom stereocenters. The molecular weight excluding hydrogens is 384 g/mol. The summed E-state index contributed by atoms with van der Waals surface area (Å²) < 4.78 is 0. The summed E-state index contributed by atoms with van der Waals surface area (Å²) >= 11 is 0. The fraction of sp³-hybridized carbons (Fsp3) is 0.429. The van der Waals surface area contributed by atoms with Crippen LogP contribution in [0.1, 0.15) is 62.6 Å². The number of allylic oxidation sites excluding steroid dienone is 3. The van der Waals surface area contributed by atoms with Gasteiger partial charge in [-0.1, -0.05) is 43.7 Å². The second-order valence-corrected chi connectivity index (χ2v) is 9.24. The molecule has 0 heterocycles. The van der Waals surface area contributed by atoms with Crippen molar-refractivity contribution < 1.29 is 15.3 Å². The van der Waals surface area contributed by atoms with Gasteiger partial charge in [-0.25, -0.2) is 0 Å². The highest BCUT2D eigenvalue weighted by atomic mass is 16.3. The number of hydrogen-bond acceptors (Lipinski definition) is 3. The van der Waals surface area contributed by atoms with Gasteiger partial charge in [0, 0.05) is 29.2 Å². The van der Waals surface area contributed by atoms with Crippen molar-refractivity contribution in [3.8, 4) is 22.6 Å². The van der Waals surface area contributed by atoms with Gasteiger partial charge in [-0.15, -0.1) is 6.58 Å². The summed E-state index contributed by atoms with van der Waals surface area (Å²) in [4.78, 5) is 0. The van der Waals surface area contributed by atoms with Gasteiger partial charge in [-0.3, -0.25) is 0 Å². The highest BCUT2D eigenvalue weighted by Gasteiger charge is 2.30. The molecule has 3 heteroatoms. The molecular formula is C28H36O3. The van der Waals surface area contributed by atoms with Crippen molar-refractivity contribution in [2.24, 2.45) is 11.8 Å².